The number of piperidine rings is 1. The highest BCUT2D eigenvalue weighted by atomic mass is 35.5. The molecular formula is C26H23Cl2F3N4O3S. The molecule has 4 heterocycles. The predicted octanol–water partition coefficient (Wildman–Crippen LogP) is 6.82. The molecule has 1 amide bonds. The number of benzene rings is 1. The first kappa shape index (κ1) is 27.7. The molecule has 0 N–H and O–H groups in total. The highest BCUT2D eigenvalue weighted by Crippen LogP contribution is 2.39. The monoisotopic (exact) mass is 598 g/mol. The van der Waals surface area contributed by atoms with Gasteiger partial charge >= 0.3 is 6.18 Å². The number of aryl methyl sites for hydroxylation is 1. The molecule has 7 nitrogen and oxygen atoms in total. The van der Waals surface area contributed by atoms with Crippen molar-refractivity contribution in [3.63, 3.8) is 0 Å². The summed E-state index contributed by atoms with van der Waals surface area (Å²) >= 11 is 14.2. The third-order valence-corrected chi connectivity index (χ3v) is 8.31. The van der Waals surface area contributed by atoms with E-state index in [0.29, 0.717) is 59.4 Å². The van der Waals surface area contributed by atoms with Crippen LogP contribution in [0.4, 0.5) is 13.2 Å². The average Bonchev–Trinajstić information content (AvgIpc) is 3.57. The molecule has 1 atom stereocenters. The number of thiazole rings is 1. The second-order valence-corrected chi connectivity index (χ2v) is 11.0. The molecule has 13 heteroatoms. The SMILES string of the molecule is Cc1ccc(C(F)(F)F)c(OCC(=O)N2CCC(c3nc(C4=NOC(c5c(Cl)cccc5Cl)C4)cs3)CC2)n1. The average molecular weight is 599 g/mol. The largest absolute Gasteiger partial charge is 0.467 e. The van der Waals surface area contributed by atoms with Crippen LogP contribution in [0.25, 0.3) is 0 Å². The van der Waals surface area contributed by atoms with Crippen LogP contribution in [-0.4, -0.2) is 46.2 Å². The Labute approximate surface area is 236 Å². The van der Waals surface area contributed by atoms with Crippen LogP contribution in [0.3, 0.4) is 0 Å². The number of hydrogen-bond acceptors (Lipinski definition) is 7. The molecule has 1 fully saturated rings. The second kappa shape index (κ2) is 11.3. The summed E-state index contributed by atoms with van der Waals surface area (Å²) in [7, 11) is 0. The Bertz CT molecular complexity index is 1390. The fourth-order valence-electron chi connectivity index (χ4n) is 4.57. The fraction of sp³-hybridized carbons (Fsp3) is 0.385. The molecule has 0 radical (unpaired) electrons. The van der Waals surface area contributed by atoms with E-state index in [9.17, 15) is 18.0 Å². The number of aromatic nitrogens is 2. The number of carbonyl (C=O) groups is 1. The zero-order valence-electron chi connectivity index (χ0n) is 20.7. The van der Waals surface area contributed by atoms with Crippen LogP contribution < -0.4 is 4.74 Å². The number of amides is 1. The third-order valence-electron chi connectivity index (χ3n) is 6.64. The van der Waals surface area contributed by atoms with Gasteiger partial charge in [-0.15, -0.1) is 11.3 Å². The molecule has 1 unspecified atom stereocenters. The van der Waals surface area contributed by atoms with Crippen molar-refractivity contribution in [1.82, 2.24) is 14.9 Å². The molecule has 5 rings (SSSR count). The number of pyridine rings is 1. The Morgan fingerprint density at radius 1 is 1.15 bits per heavy atom. The van der Waals surface area contributed by atoms with Gasteiger partial charge in [0, 0.05) is 52.1 Å². The van der Waals surface area contributed by atoms with Crippen LogP contribution in [0.15, 0.2) is 40.9 Å². The normalized spacial score (nSPS) is 18.2. The van der Waals surface area contributed by atoms with Gasteiger partial charge in [0.15, 0.2) is 12.7 Å². The van der Waals surface area contributed by atoms with Gasteiger partial charge in [-0.1, -0.05) is 34.4 Å². The van der Waals surface area contributed by atoms with Gasteiger partial charge in [0.1, 0.15) is 11.3 Å². The maximum atomic E-state index is 13.2. The Balaban J connectivity index is 1.15. The Morgan fingerprint density at radius 3 is 2.56 bits per heavy atom. The zero-order chi connectivity index (χ0) is 27.7. The smallest absolute Gasteiger partial charge is 0.421 e. The minimum absolute atomic E-state index is 0.153. The highest BCUT2D eigenvalue weighted by molar-refractivity contribution is 7.10. The molecule has 1 aromatic carbocycles. The van der Waals surface area contributed by atoms with Crippen molar-refractivity contribution in [1.29, 1.82) is 0 Å². The topological polar surface area (TPSA) is 76.9 Å². The van der Waals surface area contributed by atoms with Gasteiger partial charge in [-0.2, -0.15) is 13.2 Å². The molecule has 206 valence electrons. The van der Waals surface area contributed by atoms with Crippen molar-refractivity contribution in [3.8, 4) is 5.88 Å². The predicted molar refractivity (Wildman–Crippen MR) is 142 cm³/mol. The molecule has 0 spiro atoms. The van der Waals surface area contributed by atoms with Crippen LogP contribution >= 0.6 is 34.5 Å². The van der Waals surface area contributed by atoms with Gasteiger partial charge in [0.2, 0.25) is 5.88 Å². The van der Waals surface area contributed by atoms with Crippen LogP contribution in [0.5, 0.6) is 5.88 Å². The van der Waals surface area contributed by atoms with Crippen LogP contribution in [-0.2, 0) is 15.8 Å². The van der Waals surface area contributed by atoms with Crippen LogP contribution in [0.2, 0.25) is 10.0 Å². The number of hydrogen-bond donors (Lipinski definition) is 0. The Morgan fingerprint density at radius 2 is 1.87 bits per heavy atom. The maximum Gasteiger partial charge on any atom is 0.421 e. The van der Waals surface area contributed by atoms with Gasteiger partial charge < -0.3 is 14.5 Å². The van der Waals surface area contributed by atoms with Crippen molar-refractivity contribution >= 4 is 46.2 Å². The van der Waals surface area contributed by atoms with Gasteiger partial charge in [-0.3, -0.25) is 4.79 Å². The highest BCUT2D eigenvalue weighted by Gasteiger charge is 2.36. The van der Waals surface area contributed by atoms with E-state index in [1.807, 2.05) is 5.38 Å². The molecule has 2 aromatic heterocycles. The number of rotatable bonds is 6. The van der Waals surface area contributed by atoms with E-state index < -0.39 is 24.2 Å². The molecule has 3 aromatic rings. The first-order valence-corrected chi connectivity index (χ1v) is 13.8. The van der Waals surface area contributed by atoms with Gasteiger partial charge in [0.05, 0.1) is 10.7 Å². The molecule has 1 saturated heterocycles. The van der Waals surface area contributed by atoms with Crippen LogP contribution in [0, 0.1) is 6.92 Å². The third kappa shape index (κ3) is 6.15. The first-order chi connectivity index (χ1) is 18.6. The van der Waals surface area contributed by atoms with Gasteiger partial charge in [0.25, 0.3) is 5.91 Å². The van der Waals surface area contributed by atoms with Crippen molar-refractivity contribution in [2.45, 2.75) is 44.4 Å². The van der Waals surface area contributed by atoms with Crippen molar-refractivity contribution in [3.05, 3.63) is 73.3 Å². The number of oxime groups is 1. The van der Waals surface area contributed by atoms with Crippen molar-refractivity contribution < 1.29 is 27.5 Å². The van der Waals surface area contributed by atoms with Crippen molar-refractivity contribution in [2.24, 2.45) is 5.16 Å². The number of halogens is 5. The second-order valence-electron chi connectivity index (χ2n) is 9.29. The molecule has 2 aliphatic rings. The molecule has 0 bridgehead atoms. The standard InChI is InChI=1S/C26H23Cl2F3N4O3S/c1-14-5-6-16(26(29,30)31)24(32-14)37-12-22(36)35-9-7-15(8-10-35)25-33-20(13-39-25)19-11-21(38-34-19)23-17(27)3-2-4-18(23)28/h2-6,13,15,21H,7-12H2,1H3. The lowest BCUT2D eigenvalue weighted by atomic mass is 9.97. The molecule has 0 saturated carbocycles. The first-order valence-electron chi connectivity index (χ1n) is 12.2. The lowest BCUT2D eigenvalue weighted by Crippen LogP contribution is -2.40. The summed E-state index contributed by atoms with van der Waals surface area (Å²) in [6, 6.07) is 7.45. The number of likely N-dealkylation sites (tertiary alicyclic amines) is 1. The summed E-state index contributed by atoms with van der Waals surface area (Å²) in [6.07, 6.45) is -3.16. The van der Waals surface area contributed by atoms with E-state index in [0.717, 1.165) is 16.8 Å². The van der Waals surface area contributed by atoms with Crippen molar-refractivity contribution in [2.75, 3.05) is 19.7 Å². The number of carbonyl (C=O) groups excluding carboxylic acids is 1. The van der Waals surface area contributed by atoms with Crippen LogP contribution in [0.1, 0.15) is 58.8 Å². The van der Waals surface area contributed by atoms with Gasteiger partial charge in [-0.25, -0.2) is 9.97 Å². The Kier molecular flexibility index (Phi) is 8.02. The number of ether oxygens (including phenoxy) is 1. The van der Waals surface area contributed by atoms with E-state index in [1.165, 1.54) is 17.4 Å². The summed E-state index contributed by atoms with van der Waals surface area (Å²) in [6.45, 7) is 1.95. The minimum Gasteiger partial charge on any atom is -0.467 e. The lowest BCUT2D eigenvalue weighted by Gasteiger charge is -2.31. The molecule has 0 aliphatic carbocycles. The quantitative estimate of drug-likeness (QED) is 0.311. The van der Waals surface area contributed by atoms with E-state index in [1.54, 1.807) is 30.0 Å². The Hall–Kier alpha value is -2.89. The van der Waals surface area contributed by atoms with E-state index in [4.69, 9.17) is 37.8 Å². The summed E-state index contributed by atoms with van der Waals surface area (Å²) in [4.78, 5) is 28.5. The maximum absolute atomic E-state index is 13.2. The van der Waals surface area contributed by atoms with E-state index in [-0.39, 0.29) is 17.9 Å². The fourth-order valence-corrected chi connectivity index (χ4v) is 6.21. The van der Waals surface area contributed by atoms with Gasteiger partial charge in [-0.05, 0) is 44.0 Å². The molecule has 2 aliphatic heterocycles. The number of nitrogens with zero attached hydrogens (tertiary/aromatic N) is 4. The zero-order valence-corrected chi connectivity index (χ0v) is 23.0. The van der Waals surface area contributed by atoms with E-state index in [2.05, 4.69) is 10.1 Å². The summed E-state index contributed by atoms with van der Waals surface area (Å²) < 4.78 is 45.0. The number of alkyl halides is 3. The molecular weight excluding hydrogens is 576 g/mol. The summed E-state index contributed by atoms with van der Waals surface area (Å²) in [5.74, 6) is -0.814. The lowest BCUT2D eigenvalue weighted by molar-refractivity contribution is -0.141. The molecule has 39 heavy (non-hydrogen) atoms. The summed E-state index contributed by atoms with van der Waals surface area (Å²) in [5, 5.41) is 8.13. The summed E-state index contributed by atoms with van der Waals surface area (Å²) in [5.41, 5.74) is 1.51. The minimum atomic E-state index is -4.62. The van der Waals surface area contributed by atoms with E-state index >= 15 is 0 Å².